The van der Waals surface area contributed by atoms with E-state index in [2.05, 4.69) is 97.1 Å². The van der Waals surface area contributed by atoms with Crippen LogP contribution in [0.3, 0.4) is 0 Å². The van der Waals surface area contributed by atoms with Crippen LogP contribution in [0.25, 0.3) is 65.4 Å². The highest BCUT2D eigenvalue weighted by molar-refractivity contribution is 6.17. The fourth-order valence-corrected chi connectivity index (χ4v) is 4.90. The first-order chi connectivity index (χ1) is 15.3. The van der Waals surface area contributed by atoms with Gasteiger partial charge in [-0.1, -0.05) is 84.9 Å². The van der Waals surface area contributed by atoms with Gasteiger partial charge in [-0.05, 0) is 67.7 Å². The van der Waals surface area contributed by atoms with Crippen LogP contribution in [0, 0.1) is 0 Å². The van der Waals surface area contributed by atoms with Crippen molar-refractivity contribution in [2.24, 2.45) is 0 Å². The molecule has 0 amide bonds. The summed E-state index contributed by atoms with van der Waals surface area (Å²) < 4.78 is 6.01. The molecular weight excluding hydrogens is 376 g/mol. The van der Waals surface area contributed by atoms with Gasteiger partial charge >= 0.3 is 0 Å². The summed E-state index contributed by atoms with van der Waals surface area (Å²) in [4.78, 5) is 0. The summed E-state index contributed by atoms with van der Waals surface area (Å²) in [6.07, 6.45) is 0. The van der Waals surface area contributed by atoms with Gasteiger partial charge in [0.1, 0.15) is 11.2 Å². The molecule has 6 aromatic carbocycles. The topological polar surface area (TPSA) is 13.1 Å². The zero-order chi connectivity index (χ0) is 20.4. The zero-order valence-corrected chi connectivity index (χ0v) is 16.8. The third-order valence-electron chi connectivity index (χ3n) is 6.45. The highest BCUT2D eigenvalue weighted by atomic mass is 16.3. The molecule has 1 aromatic heterocycles. The lowest BCUT2D eigenvalue weighted by Gasteiger charge is -2.10. The van der Waals surface area contributed by atoms with Crippen LogP contribution in [0.2, 0.25) is 0 Å². The summed E-state index contributed by atoms with van der Waals surface area (Å²) >= 11 is 0. The molecule has 0 aliphatic rings. The van der Waals surface area contributed by atoms with E-state index in [0.717, 1.165) is 21.9 Å². The van der Waals surface area contributed by atoms with Crippen LogP contribution >= 0.6 is 0 Å². The molecule has 0 saturated heterocycles. The Morgan fingerprint density at radius 1 is 0.355 bits per heavy atom. The molecule has 0 N–H and O–H groups in total. The Morgan fingerprint density at radius 3 is 1.81 bits per heavy atom. The summed E-state index contributed by atoms with van der Waals surface area (Å²) in [7, 11) is 0. The van der Waals surface area contributed by atoms with Crippen molar-refractivity contribution in [1.82, 2.24) is 0 Å². The smallest absolute Gasteiger partial charge is 0.135 e. The molecule has 0 atom stereocenters. The van der Waals surface area contributed by atoms with Crippen molar-refractivity contribution in [2.75, 3.05) is 0 Å². The maximum atomic E-state index is 6.01. The standard InChI is InChI=1S/C30H18O/c1-2-6-23-19(5-1)11-15-25-24(23)14-12-20-9-10-21(17-27(20)25)22-13-16-30-28(18-22)26-7-3-4-8-29(26)31-30/h1-18H. The van der Waals surface area contributed by atoms with Crippen molar-refractivity contribution in [2.45, 2.75) is 0 Å². The fourth-order valence-electron chi connectivity index (χ4n) is 4.90. The van der Waals surface area contributed by atoms with Gasteiger partial charge in [0.25, 0.3) is 0 Å². The predicted octanol–water partition coefficient (Wildman–Crippen LogP) is 8.71. The number of benzene rings is 6. The highest BCUT2D eigenvalue weighted by Crippen LogP contribution is 2.36. The van der Waals surface area contributed by atoms with Gasteiger partial charge in [0.15, 0.2) is 0 Å². The average molecular weight is 394 g/mol. The molecule has 0 aliphatic carbocycles. The summed E-state index contributed by atoms with van der Waals surface area (Å²) in [5, 5.41) is 10.1. The molecule has 144 valence electrons. The van der Waals surface area contributed by atoms with Crippen molar-refractivity contribution in [1.29, 1.82) is 0 Å². The van der Waals surface area contributed by atoms with Crippen LogP contribution in [-0.2, 0) is 0 Å². The molecular formula is C30H18O. The minimum absolute atomic E-state index is 0.933. The van der Waals surface area contributed by atoms with Crippen molar-refractivity contribution >= 4 is 54.3 Å². The number of rotatable bonds is 1. The van der Waals surface area contributed by atoms with E-state index in [-0.39, 0.29) is 0 Å². The van der Waals surface area contributed by atoms with E-state index in [0.29, 0.717) is 0 Å². The Balaban J connectivity index is 1.49. The van der Waals surface area contributed by atoms with Crippen LogP contribution in [-0.4, -0.2) is 0 Å². The lowest BCUT2D eigenvalue weighted by Crippen LogP contribution is -1.83. The third kappa shape index (κ3) is 2.44. The quantitative estimate of drug-likeness (QED) is 0.254. The second-order valence-electron chi connectivity index (χ2n) is 8.19. The SMILES string of the molecule is c1ccc2c(c1)ccc1c3cc(-c4ccc5oc6ccccc6c5c4)ccc3ccc21. The van der Waals surface area contributed by atoms with Gasteiger partial charge in [0, 0.05) is 10.8 Å². The van der Waals surface area contributed by atoms with Crippen molar-refractivity contribution in [3.8, 4) is 11.1 Å². The highest BCUT2D eigenvalue weighted by Gasteiger charge is 2.10. The fraction of sp³-hybridized carbons (Fsp3) is 0. The third-order valence-corrected chi connectivity index (χ3v) is 6.45. The zero-order valence-electron chi connectivity index (χ0n) is 16.8. The number of furan rings is 1. The minimum Gasteiger partial charge on any atom is -0.456 e. The number of para-hydroxylation sites is 1. The number of hydrogen-bond acceptors (Lipinski definition) is 1. The summed E-state index contributed by atoms with van der Waals surface area (Å²) in [5.41, 5.74) is 4.30. The largest absolute Gasteiger partial charge is 0.456 e. The van der Waals surface area contributed by atoms with E-state index >= 15 is 0 Å². The molecule has 1 nitrogen and oxygen atoms in total. The van der Waals surface area contributed by atoms with E-state index in [9.17, 15) is 0 Å². The number of fused-ring (bicyclic) bond motifs is 8. The van der Waals surface area contributed by atoms with Crippen molar-refractivity contribution < 1.29 is 4.42 Å². The van der Waals surface area contributed by atoms with Crippen LogP contribution in [0.5, 0.6) is 0 Å². The molecule has 0 spiro atoms. The normalized spacial score (nSPS) is 11.9. The summed E-state index contributed by atoms with van der Waals surface area (Å²) in [6.45, 7) is 0. The lowest BCUT2D eigenvalue weighted by molar-refractivity contribution is 0.669. The molecule has 0 radical (unpaired) electrons. The Labute approximate surface area is 179 Å². The molecule has 31 heavy (non-hydrogen) atoms. The van der Waals surface area contributed by atoms with Gasteiger partial charge in [0.05, 0.1) is 0 Å². The Bertz CT molecular complexity index is 1790. The first kappa shape index (κ1) is 16.7. The van der Waals surface area contributed by atoms with Gasteiger partial charge in [0.2, 0.25) is 0 Å². The van der Waals surface area contributed by atoms with Crippen LogP contribution in [0.1, 0.15) is 0 Å². The first-order valence-corrected chi connectivity index (χ1v) is 10.6. The summed E-state index contributed by atoms with van der Waals surface area (Å²) in [6, 6.07) is 39.1. The Morgan fingerprint density at radius 2 is 0.935 bits per heavy atom. The molecule has 0 unspecified atom stereocenters. The van der Waals surface area contributed by atoms with E-state index in [1.807, 2.05) is 12.1 Å². The van der Waals surface area contributed by atoms with Gasteiger partial charge in [-0.25, -0.2) is 0 Å². The van der Waals surface area contributed by atoms with Crippen LogP contribution in [0.4, 0.5) is 0 Å². The second kappa shape index (κ2) is 6.20. The molecule has 0 fully saturated rings. The molecule has 1 heteroatoms. The maximum absolute atomic E-state index is 6.01. The van der Waals surface area contributed by atoms with Crippen LogP contribution in [0.15, 0.2) is 114 Å². The lowest BCUT2D eigenvalue weighted by atomic mass is 9.94. The summed E-state index contributed by atoms with van der Waals surface area (Å²) in [5.74, 6) is 0. The Hall–Kier alpha value is -4.10. The van der Waals surface area contributed by atoms with E-state index in [1.165, 1.54) is 43.4 Å². The van der Waals surface area contributed by atoms with Gasteiger partial charge < -0.3 is 4.42 Å². The Kier molecular flexibility index (Phi) is 3.33. The van der Waals surface area contributed by atoms with E-state index < -0.39 is 0 Å². The number of hydrogen-bond donors (Lipinski definition) is 0. The van der Waals surface area contributed by atoms with Crippen molar-refractivity contribution in [3.63, 3.8) is 0 Å². The molecule has 0 aliphatic heterocycles. The minimum atomic E-state index is 0.933. The first-order valence-electron chi connectivity index (χ1n) is 10.6. The second-order valence-corrected chi connectivity index (χ2v) is 8.19. The maximum Gasteiger partial charge on any atom is 0.135 e. The molecule has 1 heterocycles. The van der Waals surface area contributed by atoms with Crippen LogP contribution < -0.4 is 0 Å². The predicted molar refractivity (Wildman–Crippen MR) is 132 cm³/mol. The van der Waals surface area contributed by atoms with Gasteiger partial charge in [-0.15, -0.1) is 0 Å². The monoisotopic (exact) mass is 394 g/mol. The van der Waals surface area contributed by atoms with E-state index in [4.69, 9.17) is 4.42 Å². The molecule has 0 saturated carbocycles. The molecule has 7 rings (SSSR count). The molecule has 0 bridgehead atoms. The van der Waals surface area contributed by atoms with Crippen molar-refractivity contribution in [3.05, 3.63) is 109 Å². The average Bonchev–Trinajstić information content (AvgIpc) is 3.21. The van der Waals surface area contributed by atoms with E-state index in [1.54, 1.807) is 0 Å². The van der Waals surface area contributed by atoms with Gasteiger partial charge in [-0.2, -0.15) is 0 Å². The van der Waals surface area contributed by atoms with Gasteiger partial charge in [-0.3, -0.25) is 0 Å². The molecule has 7 aromatic rings.